The molecule has 2 saturated carbocycles. The Hall–Kier alpha value is -0.780. The fraction of sp³-hybridized carbons (Fsp3) is 0.786. The molecule has 0 saturated heterocycles. The van der Waals surface area contributed by atoms with E-state index in [0.29, 0.717) is 0 Å². The van der Waals surface area contributed by atoms with E-state index in [-0.39, 0.29) is 0 Å². The molecule has 2 fully saturated rings. The Bertz CT molecular complexity index is 536. The second-order valence-electron chi connectivity index (χ2n) is 11.5. The summed E-state index contributed by atoms with van der Waals surface area (Å²) in [6.07, 6.45) is 5.69. The lowest BCUT2D eigenvalue weighted by atomic mass is 9.68. The summed E-state index contributed by atoms with van der Waals surface area (Å²) in [6, 6.07) is 9.72. The van der Waals surface area contributed by atoms with Gasteiger partial charge in [-0.25, -0.2) is 0 Å². The van der Waals surface area contributed by atoms with Crippen molar-refractivity contribution < 1.29 is 0 Å². The monoisotopic (exact) mass is 382 g/mol. The minimum atomic E-state index is 0.762. The minimum absolute atomic E-state index is 0.762. The van der Waals surface area contributed by atoms with E-state index in [1.807, 2.05) is 0 Å². The lowest BCUT2D eigenvalue weighted by Gasteiger charge is -2.36. The van der Waals surface area contributed by atoms with Crippen LogP contribution in [0, 0.1) is 47.3 Å². The van der Waals surface area contributed by atoms with Gasteiger partial charge < -0.3 is 0 Å². The van der Waals surface area contributed by atoms with Gasteiger partial charge in [-0.05, 0) is 96.0 Å². The number of benzene rings is 1. The first-order valence-electron chi connectivity index (χ1n) is 12.3. The van der Waals surface area contributed by atoms with Crippen LogP contribution < -0.4 is 0 Å². The smallest absolute Gasteiger partial charge is 0.00976 e. The highest BCUT2D eigenvalue weighted by Gasteiger charge is 2.45. The zero-order valence-electron chi connectivity index (χ0n) is 19.9. The second-order valence-corrected chi connectivity index (χ2v) is 11.5. The highest BCUT2D eigenvalue weighted by atomic mass is 14.5. The van der Waals surface area contributed by atoms with E-state index in [1.165, 1.54) is 25.7 Å². The molecular weight excluding hydrogens is 336 g/mol. The average Bonchev–Trinajstić information content (AvgIpc) is 3.26. The highest BCUT2D eigenvalue weighted by molar-refractivity contribution is 5.37. The first kappa shape index (κ1) is 21.9. The normalized spacial score (nSPS) is 33.7. The van der Waals surface area contributed by atoms with Crippen LogP contribution in [0.15, 0.2) is 24.3 Å². The van der Waals surface area contributed by atoms with Gasteiger partial charge >= 0.3 is 0 Å². The fourth-order valence-electron chi connectivity index (χ4n) is 7.16. The molecule has 4 unspecified atom stereocenters. The Labute approximate surface area is 175 Å². The molecule has 0 aliphatic heterocycles. The molecule has 0 aromatic heterocycles. The molecule has 0 spiro atoms. The average molecular weight is 383 g/mol. The first-order valence-corrected chi connectivity index (χ1v) is 12.3. The molecule has 3 rings (SSSR count). The van der Waals surface area contributed by atoms with Gasteiger partial charge in [0, 0.05) is 0 Å². The SMILES string of the molecule is CC(C)C1CCC(C(C)C)C1c1ccccc1C1C(C(C)C)CC[C@H]1C(C)C. The minimum Gasteiger partial charge on any atom is -0.0625 e. The van der Waals surface area contributed by atoms with Crippen molar-refractivity contribution in [1.82, 2.24) is 0 Å². The van der Waals surface area contributed by atoms with E-state index in [2.05, 4.69) is 79.7 Å². The van der Waals surface area contributed by atoms with Crippen LogP contribution in [-0.4, -0.2) is 0 Å². The maximum Gasteiger partial charge on any atom is -0.00976 e. The van der Waals surface area contributed by atoms with Gasteiger partial charge in [0.1, 0.15) is 0 Å². The molecule has 0 amide bonds. The van der Waals surface area contributed by atoms with Crippen LogP contribution in [0.25, 0.3) is 0 Å². The number of rotatable bonds is 6. The summed E-state index contributed by atoms with van der Waals surface area (Å²) >= 11 is 0. The predicted molar refractivity (Wildman–Crippen MR) is 124 cm³/mol. The van der Waals surface area contributed by atoms with Crippen LogP contribution in [-0.2, 0) is 0 Å². The largest absolute Gasteiger partial charge is 0.0625 e. The molecule has 2 aliphatic rings. The Morgan fingerprint density at radius 3 is 0.964 bits per heavy atom. The van der Waals surface area contributed by atoms with Crippen LogP contribution in [0.3, 0.4) is 0 Å². The third-order valence-electron chi connectivity index (χ3n) is 8.65. The zero-order chi connectivity index (χ0) is 20.6. The predicted octanol–water partition coefficient (Wildman–Crippen LogP) is 8.53. The molecule has 0 radical (unpaired) electrons. The Morgan fingerprint density at radius 2 is 0.750 bits per heavy atom. The van der Waals surface area contributed by atoms with Gasteiger partial charge in [0.15, 0.2) is 0 Å². The quantitative estimate of drug-likeness (QED) is 0.462. The van der Waals surface area contributed by atoms with E-state index in [1.54, 1.807) is 11.1 Å². The van der Waals surface area contributed by atoms with E-state index in [4.69, 9.17) is 0 Å². The Balaban J connectivity index is 2.08. The summed E-state index contributed by atoms with van der Waals surface area (Å²) in [5, 5.41) is 0. The van der Waals surface area contributed by atoms with Gasteiger partial charge in [0.2, 0.25) is 0 Å². The topological polar surface area (TPSA) is 0 Å². The molecule has 0 bridgehead atoms. The van der Waals surface area contributed by atoms with Crippen molar-refractivity contribution >= 4 is 0 Å². The van der Waals surface area contributed by atoms with Crippen molar-refractivity contribution in [2.75, 3.05) is 0 Å². The zero-order valence-corrected chi connectivity index (χ0v) is 19.9. The second kappa shape index (κ2) is 8.93. The third-order valence-corrected chi connectivity index (χ3v) is 8.65. The molecule has 0 heteroatoms. The molecule has 1 aromatic carbocycles. The number of hydrogen-bond acceptors (Lipinski definition) is 0. The van der Waals surface area contributed by atoms with Crippen molar-refractivity contribution in [2.45, 2.75) is 92.9 Å². The first-order chi connectivity index (χ1) is 13.2. The molecule has 158 valence electrons. The van der Waals surface area contributed by atoms with Gasteiger partial charge in [0.05, 0.1) is 0 Å². The summed E-state index contributed by atoms with van der Waals surface area (Å²) in [5.41, 5.74) is 3.47. The van der Waals surface area contributed by atoms with Gasteiger partial charge in [-0.15, -0.1) is 0 Å². The third kappa shape index (κ3) is 4.08. The highest BCUT2D eigenvalue weighted by Crippen LogP contribution is 2.56. The van der Waals surface area contributed by atoms with Crippen molar-refractivity contribution in [3.63, 3.8) is 0 Å². The summed E-state index contributed by atoms with van der Waals surface area (Å²) in [7, 11) is 0. The van der Waals surface area contributed by atoms with Crippen LogP contribution in [0.2, 0.25) is 0 Å². The lowest BCUT2D eigenvalue weighted by molar-refractivity contribution is 0.266. The van der Waals surface area contributed by atoms with Gasteiger partial charge in [-0.2, -0.15) is 0 Å². The molecule has 0 nitrogen and oxygen atoms in total. The summed E-state index contributed by atoms with van der Waals surface area (Å²) in [5.74, 6) is 8.07. The van der Waals surface area contributed by atoms with E-state index in [0.717, 1.165) is 59.2 Å². The Morgan fingerprint density at radius 1 is 0.500 bits per heavy atom. The van der Waals surface area contributed by atoms with Crippen molar-refractivity contribution in [1.29, 1.82) is 0 Å². The molecule has 28 heavy (non-hydrogen) atoms. The maximum absolute atomic E-state index is 2.53. The molecule has 0 N–H and O–H groups in total. The van der Waals surface area contributed by atoms with Gasteiger partial charge in [0.25, 0.3) is 0 Å². The van der Waals surface area contributed by atoms with Crippen LogP contribution in [0.4, 0.5) is 0 Å². The van der Waals surface area contributed by atoms with E-state index in [9.17, 15) is 0 Å². The van der Waals surface area contributed by atoms with Gasteiger partial charge in [-0.1, -0.05) is 79.7 Å². The van der Waals surface area contributed by atoms with Crippen molar-refractivity contribution in [3.8, 4) is 0 Å². The molecule has 5 atom stereocenters. The molecule has 0 heterocycles. The molecular formula is C28H46. The molecule has 1 aromatic rings. The maximum atomic E-state index is 2.53. The van der Waals surface area contributed by atoms with Crippen molar-refractivity contribution in [2.24, 2.45) is 47.3 Å². The summed E-state index contributed by atoms with van der Waals surface area (Å²) in [4.78, 5) is 0. The van der Waals surface area contributed by atoms with E-state index >= 15 is 0 Å². The standard InChI is InChI=1S/C28H46/c1-17(2)21-13-14-22(18(3)4)27(21)25-11-9-10-12-26(25)28-23(19(5)6)15-16-24(28)20(7)8/h9-12,17-24,27-28H,13-16H2,1-8H3/t21-,22?,23?,24?,27?,28?/m0/s1. The summed E-state index contributed by atoms with van der Waals surface area (Å²) < 4.78 is 0. The van der Waals surface area contributed by atoms with Gasteiger partial charge in [-0.3, -0.25) is 0 Å². The van der Waals surface area contributed by atoms with E-state index < -0.39 is 0 Å². The number of hydrogen-bond donors (Lipinski definition) is 0. The lowest BCUT2D eigenvalue weighted by Crippen LogP contribution is -2.26. The van der Waals surface area contributed by atoms with Crippen LogP contribution in [0.5, 0.6) is 0 Å². The fourth-order valence-corrected chi connectivity index (χ4v) is 7.16. The summed E-state index contributed by atoms with van der Waals surface area (Å²) in [6.45, 7) is 19.7. The molecule has 2 aliphatic carbocycles. The van der Waals surface area contributed by atoms with Crippen LogP contribution in [0.1, 0.15) is 104 Å². The van der Waals surface area contributed by atoms with Crippen LogP contribution >= 0.6 is 0 Å². The van der Waals surface area contributed by atoms with Crippen molar-refractivity contribution in [3.05, 3.63) is 35.4 Å². The Kier molecular flexibility index (Phi) is 6.99.